The molecule has 0 radical (unpaired) electrons. The van der Waals surface area contributed by atoms with Gasteiger partial charge in [-0.2, -0.15) is 0 Å². The lowest BCUT2D eigenvalue weighted by Gasteiger charge is -2.25. The van der Waals surface area contributed by atoms with E-state index in [1.807, 2.05) is 0 Å². The van der Waals surface area contributed by atoms with Crippen molar-refractivity contribution in [3.63, 3.8) is 0 Å². The lowest BCUT2D eigenvalue weighted by molar-refractivity contribution is -0.140. The van der Waals surface area contributed by atoms with E-state index in [0.29, 0.717) is 11.1 Å². The fraction of sp³-hybridized carbons (Fsp3) is 0.0909. The molecule has 1 saturated heterocycles. The summed E-state index contributed by atoms with van der Waals surface area (Å²) in [6.07, 6.45) is 6.08. The topological polar surface area (TPSA) is 83.4 Å². The summed E-state index contributed by atoms with van der Waals surface area (Å²) >= 11 is 0. The minimum absolute atomic E-state index is 0.0462. The Morgan fingerprint density at radius 2 is 1.76 bits per heavy atom. The van der Waals surface area contributed by atoms with Crippen molar-refractivity contribution in [2.45, 2.75) is 12.6 Å². The molecule has 4 rings (SSSR count). The Hall–Kier alpha value is -3.87. The second kappa shape index (κ2) is 7.63. The van der Waals surface area contributed by atoms with Gasteiger partial charge in [-0.25, -0.2) is 4.39 Å². The molecule has 0 aliphatic carbocycles. The SMILES string of the molecule is O=C1C(=O)N(Cc2cccnc2)C(c2ccccc2F)C1=C(O)c1ccncc1. The Morgan fingerprint density at radius 3 is 2.45 bits per heavy atom. The van der Waals surface area contributed by atoms with Crippen LogP contribution in [0.25, 0.3) is 5.76 Å². The number of hydrogen-bond donors (Lipinski definition) is 1. The summed E-state index contributed by atoms with van der Waals surface area (Å²) in [4.78, 5) is 34.8. The Labute approximate surface area is 166 Å². The summed E-state index contributed by atoms with van der Waals surface area (Å²) in [5, 5.41) is 10.8. The highest BCUT2D eigenvalue weighted by Gasteiger charge is 2.46. The van der Waals surface area contributed by atoms with E-state index in [1.165, 1.54) is 47.6 Å². The Bertz CT molecular complexity index is 1100. The summed E-state index contributed by atoms with van der Waals surface area (Å²) in [5.74, 6) is -2.61. The van der Waals surface area contributed by atoms with Gasteiger partial charge in [0, 0.05) is 42.5 Å². The molecule has 0 bridgehead atoms. The fourth-order valence-electron chi connectivity index (χ4n) is 3.42. The molecule has 29 heavy (non-hydrogen) atoms. The molecular formula is C22H16FN3O3. The minimum atomic E-state index is -1.07. The third-order valence-corrected chi connectivity index (χ3v) is 4.77. The van der Waals surface area contributed by atoms with E-state index in [9.17, 15) is 19.1 Å². The van der Waals surface area contributed by atoms with E-state index < -0.39 is 23.5 Å². The molecule has 1 aromatic carbocycles. The van der Waals surface area contributed by atoms with Crippen molar-refractivity contribution in [2.24, 2.45) is 0 Å². The van der Waals surface area contributed by atoms with Crippen LogP contribution in [0.2, 0.25) is 0 Å². The lowest BCUT2D eigenvalue weighted by Crippen LogP contribution is -2.29. The van der Waals surface area contributed by atoms with Gasteiger partial charge in [-0.15, -0.1) is 0 Å². The predicted octanol–water partition coefficient (Wildman–Crippen LogP) is 3.24. The number of rotatable bonds is 4. The number of benzene rings is 1. The first kappa shape index (κ1) is 18.5. The molecule has 6 nitrogen and oxygen atoms in total. The van der Waals surface area contributed by atoms with Crippen molar-refractivity contribution in [1.82, 2.24) is 14.9 Å². The summed E-state index contributed by atoms with van der Waals surface area (Å²) in [6.45, 7) is 0.0462. The molecule has 2 aromatic heterocycles. The first-order chi connectivity index (χ1) is 14.1. The molecule has 1 N–H and O–H groups in total. The van der Waals surface area contributed by atoms with Crippen LogP contribution in [-0.4, -0.2) is 31.7 Å². The van der Waals surface area contributed by atoms with Gasteiger partial charge in [0.1, 0.15) is 11.6 Å². The molecule has 1 aliphatic heterocycles. The molecule has 1 fully saturated rings. The number of ketones is 1. The third kappa shape index (κ3) is 3.38. The second-order valence-corrected chi connectivity index (χ2v) is 6.55. The Kier molecular flexibility index (Phi) is 4.87. The molecular weight excluding hydrogens is 373 g/mol. The number of halogens is 1. The molecule has 1 amide bonds. The van der Waals surface area contributed by atoms with Gasteiger partial charge in [0.15, 0.2) is 0 Å². The van der Waals surface area contributed by atoms with E-state index in [-0.39, 0.29) is 23.4 Å². The maximum Gasteiger partial charge on any atom is 0.295 e. The van der Waals surface area contributed by atoms with Crippen molar-refractivity contribution in [2.75, 3.05) is 0 Å². The highest BCUT2D eigenvalue weighted by molar-refractivity contribution is 6.46. The number of nitrogens with zero attached hydrogens (tertiary/aromatic N) is 3. The molecule has 144 valence electrons. The highest BCUT2D eigenvalue weighted by atomic mass is 19.1. The zero-order valence-corrected chi connectivity index (χ0v) is 15.2. The maximum atomic E-state index is 14.7. The average molecular weight is 389 g/mol. The van der Waals surface area contributed by atoms with Gasteiger partial charge in [-0.1, -0.05) is 24.3 Å². The number of amides is 1. The van der Waals surface area contributed by atoms with Crippen LogP contribution in [0, 0.1) is 5.82 Å². The number of Topliss-reactive ketones (excluding diaryl/α,β-unsaturated/α-hetero) is 1. The molecule has 0 saturated carbocycles. The maximum absolute atomic E-state index is 14.7. The zero-order valence-electron chi connectivity index (χ0n) is 15.2. The summed E-state index contributed by atoms with van der Waals surface area (Å²) in [7, 11) is 0. The lowest BCUT2D eigenvalue weighted by atomic mass is 9.95. The summed E-state index contributed by atoms with van der Waals surface area (Å²) in [6, 6.07) is 11.3. The van der Waals surface area contributed by atoms with Gasteiger partial charge in [0.05, 0.1) is 11.6 Å². The van der Waals surface area contributed by atoms with Gasteiger partial charge < -0.3 is 10.0 Å². The van der Waals surface area contributed by atoms with E-state index in [2.05, 4.69) is 9.97 Å². The minimum Gasteiger partial charge on any atom is -0.507 e. The zero-order chi connectivity index (χ0) is 20.4. The van der Waals surface area contributed by atoms with Crippen LogP contribution in [0.3, 0.4) is 0 Å². The quantitative estimate of drug-likeness (QED) is 0.421. The standard InChI is InChI=1S/C22H16FN3O3/c23-17-6-2-1-5-16(17)19-18(20(27)15-7-10-24-11-8-15)21(28)22(29)26(19)13-14-4-3-9-25-12-14/h1-12,19,27H,13H2. The monoisotopic (exact) mass is 389 g/mol. The van der Waals surface area contributed by atoms with Crippen LogP contribution < -0.4 is 0 Å². The molecule has 3 heterocycles. The first-order valence-corrected chi connectivity index (χ1v) is 8.90. The van der Waals surface area contributed by atoms with Crippen LogP contribution in [0.1, 0.15) is 22.7 Å². The number of aromatic nitrogens is 2. The fourth-order valence-corrected chi connectivity index (χ4v) is 3.42. The van der Waals surface area contributed by atoms with Crippen LogP contribution in [0.15, 0.2) is 78.9 Å². The average Bonchev–Trinajstić information content (AvgIpc) is 3.00. The van der Waals surface area contributed by atoms with Crippen LogP contribution in [0.5, 0.6) is 0 Å². The predicted molar refractivity (Wildman–Crippen MR) is 103 cm³/mol. The number of aliphatic hydroxyl groups is 1. The van der Waals surface area contributed by atoms with Crippen LogP contribution in [-0.2, 0) is 16.1 Å². The van der Waals surface area contributed by atoms with Gasteiger partial charge in [0.25, 0.3) is 11.7 Å². The van der Waals surface area contributed by atoms with Crippen molar-refractivity contribution in [3.05, 3.63) is 101 Å². The number of carbonyl (C=O) groups is 2. The van der Waals surface area contributed by atoms with Gasteiger partial charge in [-0.05, 0) is 29.8 Å². The third-order valence-electron chi connectivity index (χ3n) is 4.77. The van der Waals surface area contributed by atoms with E-state index >= 15 is 0 Å². The number of hydrogen-bond acceptors (Lipinski definition) is 5. The van der Waals surface area contributed by atoms with Gasteiger partial charge in [-0.3, -0.25) is 19.6 Å². The van der Waals surface area contributed by atoms with Crippen LogP contribution in [0.4, 0.5) is 4.39 Å². The first-order valence-electron chi connectivity index (χ1n) is 8.90. The molecule has 1 atom stereocenters. The number of pyridine rings is 2. The number of aliphatic hydroxyl groups excluding tert-OH is 1. The number of carbonyl (C=O) groups excluding carboxylic acids is 2. The van der Waals surface area contributed by atoms with Crippen molar-refractivity contribution < 1.29 is 19.1 Å². The van der Waals surface area contributed by atoms with Crippen molar-refractivity contribution in [3.8, 4) is 0 Å². The molecule has 3 aromatic rings. The largest absolute Gasteiger partial charge is 0.507 e. The Balaban J connectivity index is 1.89. The molecule has 1 aliphatic rings. The summed E-state index contributed by atoms with van der Waals surface area (Å²) in [5.41, 5.74) is 0.974. The number of likely N-dealkylation sites (tertiary alicyclic amines) is 1. The Morgan fingerprint density at radius 1 is 1.00 bits per heavy atom. The molecule has 1 unspecified atom stereocenters. The van der Waals surface area contributed by atoms with Crippen LogP contribution >= 0.6 is 0 Å². The molecule has 7 heteroatoms. The van der Waals surface area contributed by atoms with Gasteiger partial charge in [0.2, 0.25) is 0 Å². The highest BCUT2D eigenvalue weighted by Crippen LogP contribution is 2.40. The smallest absolute Gasteiger partial charge is 0.295 e. The van der Waals surface area contributed by atoms with E-state index in [0.717, 1.165) is 0 Å². The van der Waals surface area contributed by atoms with Crippen molar-refractivity contribution in [1.29, 1.82) is 0 Å². The van der Waals surface area contributed by atoms with E-state index in [1.54, 1.807) is 30.6 Å². The molecule has 0 spiro atoms. The second-order valence-electron chi connectivity index (χ2n) is 6.55. The van der Waals surface area contributed by atoms with Gasteiger partial charge >= 0.3 is 0 Å². The normalized spacial score (nSPS) is 18.2. The van der Waals surface area contributed by atoms with E-state index in [4.69, 9.17) is 0 Å². The van der Waals surface area contributed by atoms with Crippen molar-refractivity contribution >= 4 is 17.4 Å². The summed E-state index contributed by atoms with van der Waals surface area (Å²) < 4.78 is 14.7.